The molecule has 21 heavy (non-hydrogen) atoms. The number of benzene rings is 2. The first-order valence-electron chi connectivity index (χ1n) is 6.70. The van der Waals surface area contributed by atoms with E-state index in [0.717, 1.165) is 22.4 Å². The molecule has 0 bridgehead atoms. The Balaban J connectivity index is 2.30. The molecule has 2 N–H and O–H groups in total. The smallest absolute Gasteiger partial charge is 0.141 e. The number of fused-ring (bicyclic) bond motifs is 1. The molecule has 108 valence electrons. The van der Waals surface area contributed by atoms with Gasteiger partial charge in [0.15, 0.2) is 0 Å². The molecule has 0 amide bonds. The van der Waals surface area contributed by atoms with E-state index >= 15 is 0 Å². The average molecular weight is 304 g/mol. The summed E-state index contributed by atoms with van der Waals surface area (Å²) in [4.78, 5) is 4.61. The SMILES string of the molecule is CC(C)n1c(-c2ccc(Cl)c(N)c2)nc2ccc(F)cc21. The van der Waals surface area contributed by atoms with E-state index in [1.54, 1.807) is 18.2 Å². The summed E-state index contributed by atoms with van der Waals surface area (Å²) in [6.45, 7) is 4.07. The number of hydrogen-bond donors (Lipinski definition) is 1. The number of nitrogen functional groups attached to an aromatic ring is 1. The van der Waals surface area contributed by atoms with Crippen molar-refractivity contribution in [2.75, 3.05) is 5.73 Å². The fourth-order valence-electron chi connectivity index (χ4n) is 2.48. The van der Waals surface area contributed by atoms with Gasteiger partial charge in [0, 0.05) is 11.6 Å². The second-order valence-corrected chi connectivity index (χ2v) is 5.68. The van der Waals surface area contributed by atoms with Gasteiger partial charge in [-0.2, -0.15) is 0 Å². The zero-order valence-electron chi connectivity index (χ0n) is 11.8. The number of rotatable bonds is 2. The van der Waals surface area contributed by atoms with Gasteiger partial charge >= 0.3 is 0 Å². The van der Waals surface area contributed by atoms with Gasteiger partial charge in [0.05, 0.1) is 21.7 Å². The maximum Gasteiger partial charge on any atom is 0.141 e. The van der Waals surface area contributed by atoms with Crippen LogP contribution in [0, 0.1) is 5.82 Å². The average Bonchev–Trinajstić information content (AvgIpc) is 2.80. The van der Waals surface area contributed by atoms with Crippen molar-refractivity contribution in [1.29, 1.82) is 0 Å². The third-order valence-electron chi connectivity index (χ3n) is 3.42. The van der Waals surface area contributed by atoms with E-state index < -0.39 is 0 Å². The summed E-state index contributed by atoms with van der Waals surface area (Å²) in [6, 6.07) is 10.2. The molecule has 0 unspecified atom stereocenters. The maximum absolute atomic E-state index is 13.5. The zero-order chi connectivity index (χ0) is 15.1. The number of nitrogens with two attached hydrogens (primary N) is 1. The highest BCUT2D eigenvalue weighted by atomic mass is 35.5. The van der Waals surface area contributed by atoms with Crippen LogP contribution in [-0.2, 0) is 0 Å². The van der Waals surface area contributed by atoms with Crippen LogP contribution >= 0.6 is 11.6 Å². The molecule has 0 aliphatic rings. The second-order valence-electron chi connectivity index (χ2n) is 5.27. The van der Waals surface area contributed by atoms with E-state index in [1.165, 1.54) is 12.1 Å². The lowest BCUT2D eigenvalue weighted by Gasteiger charge is -2.13. The van der Waals surface area contributed by atoms with Gasteiger partial charge in [0.2, 0.25) is 0 Å². The number of aromatic nitrogens is 2. The lowest BCUT2D eigenvalue weighted by molar-refractivity contribution is 0.613. The predicted molar refractivity (Wildman–Crippen MR) is 84.9 cm³/mol. The fourth-order valence-corrected chi connectivity index (χ4v) is 2.59. The van der Waals surface area contributed by atoms with Crippen LogP contribution in [0.5, 0.6) is 0 Å². The first kappa shape index (κ1) is 13.9. The van der Waals surface area contributed by atoms with Crippen molar-refractivity contribution >= 4 is 28.3 Å². The van der Waals surface area contributed by atoms with Gasteiger partial charge < -0.3 is 10.3 Å². The van der Waals surface area contributed by atoms with Gasteiger partial charge in [-0.1, -0.05) is 11.6 Å². The van der Waals surface area contributed by atoms with Crippen molar-refractivity contribution in [2.24, 2.45) is 0 Å². The van der Waals surface area contributed by atoms with Crippen LogP contribution in [0.2, 0.25) is 5.02 Å². The van der Waals surface area contributed by atoms with E-state index in [-0.39, 0.29) is 11.9 Å². The molecule has 3 aromatic rings. The predicted octanol–water partition coefficient (Wildman–Crippen LogP) is 4.66. The highest BCUT2D eigenvalue weighted by Crippen LogP contribution is 2.31. The van der Waals surface area contributed by atoms with E-state index in [9.17, 15) is 4.39 Å². The van der Waals surface area contributed by atoms with E-state index in [4.69, 9.17) is 17.3 Å². The molecular formula is C16H15ClFN3. The molecule has 5 heteroatoms. The summed E-state index contributed by atoms with van der Waals surface area (Å²) < 4.78 is 15.5. The Morgan fingerprint density at radius 3 is 2.62 bits per heavy atom. The van der Waals surface area contributed by atoms with Crippen molar-refractivity contribution in [1.82, 2.24) is 9.55 Å². The van der Waals surface area contributed by atoms with Gasteiger partial charge in [0.25, 0.3) is 0 Å². The Hall–Kier alpha value is -2.07. The summed E-state index contributed by atoms with van der Waals surface area (Å²) >= 11 is 5.97. The molecule has 3 nitrogen and oxygen atoms in total. The molecule has 0 saturated heterocycles. The minimum absolute atomic E-state index is 0.142. The lowest BCUT2D eigenvalue weighted by atomic mass is 10.2. The van der Waals surface area contributed by atoms with Crippen molar-refractivity contribution < 1.29 is 4.39 Å². The third-order valence-corrected chi connectivity index (χ3v) is 3.77. The van der Waals surface area contributed by atoms with Gasteiger partial charge in [-0.3, -0.25) is 0 Å². The summed E-state index contributed by atoms with van der Waals surface area (Å²) in [5.41, 5.74) is 8.77. The Kier molecular flexibility index (Phi) is 3.33. The molecular weight excluding hydrogens is 289 g/mol. The molecule has 0 saturated carbocycles. The van der Waals surface area contributed by atoms with Crippen LogP contribution in [0.4, 0.5) is 10.1 Å². The second kappa shape index (κ2) is 5.04. The Labute approximate surface area is 127 Å². The minimum atomic E-state index is -0.272. The standard InChI is InChI=1S/C16H15ClFN3/c1-9(2)21-15-8-11(18)4-6-14(15)20-16(21)10-3-5-12(17)13(19)7-10/h3-9H,19H2,1-2H3. The summed E-state index contributed by atoms with van der Waals surface area (Å²) in [5.74, 6) is 0.487. The summed E-state index contributed by atoms with van der Waals surface area (Å²) in [7, 11) is 0. The van der Waals surface area contributed by atoms with Crippen LogP contribution in [-0.4, -0.2) is 9.55 Å². The monoisotopic (exact) mass is 303 g/mol. The number of halogens is 2. The van der Waals surface area contributed by atoms with Gasteiger partial charge in [-0.15, -0.1) is 0 Å². The topological polar surface area (TPSA) is 43.8 Å². The molecule has 0 aliphatic heterocycles. The van der Waals surface area contributed by atoms with E-state index in [2.05, 4.69) is 4.98 Å². The number of anilines is 1. The Bertz CT molecular complexity index is 824. The van der Waals surface area contributed by atoms with Gasteiger partial charge in [-0.25, -0.2) is 9.37 Å². The summed E-state index contributed by atoms with van der Waals surface area (Å²) in [6.07, 6.45) is 0. The van der Waals surface area contributed by atoms with Crippen molar-refractivity contribution in [3.8, 4) is 11.4 Å². The summed E-state index contributed by atoms with van der Waals surface area (Å²) in [5, 5.41) is 0.511. The van der Waals surface area contributed by atoms with E-state index in [0.29, 0.717) is 10.7 Å². The Morgan fingerprint density at radius 2 is 1.95 bits per heavy atom. The fraction of sp³-hybridized carbons (Fsp3) is 0.188. The van der Waals surface area contributed by atoms with Crippen LogP contribution in [0.15, 0.2) is 36.4 Å². The van der Waals surface area contributed by atoms with Crippen molar-refractivity contribution in [2.45, 2.75) is 19.9 Å². The van der Waals surface area contributed by atoms with Crippen LogP contribution in [0.3, 0.4) is 0 Å². The molecule has 1 heterocycles. The molecule has 0 radical (unpaired) electrons. The largest absolute Gasteiger partial charge is 0.398 e. The highest BCUT2D eigenvalue weighted by Gasteiger charge is 2.16. The Morgan fingerprint density at radius 1 is 1.19 bits per heavy atom. The molecule has 0 aliphatic carbocycles. The van der Waals surface area contributed by atoms with Gasteiger partial charge in [-0.05, 0) is 50.2 Å². The first-order chi connectivity index (χ1) is 9.97. The molecule has 0 atom stereocenters. The third kappa shape index (κ3) is 2.36. The van der Waals surface area contributed by atoms with Crippen LogP contribution in [0.1, 0.15) is 19.9 Å². The van der Waals surface area contributed by atoms with Crippen molar-refractivity contribution in [3.63, 3.8) is 0 Å². The molecule has 0 spiro atoms. The molecule has 1 aromatic heterocycles. The number of nitrogens with zero attached hydrogens (tertiary/aromatic N) is 2. The quantitative estimate of drug-likeness (QED) is 0.700. The lowest BCUT2D eigenvalue weighted by Crippen LogP contribution is -2.03. The normalized spacial score (nSPS) is 11.5. The highest BCUT2D eigenvalue weighted by molar-refractivity contribution is 6.33. The van der Waals surface area contributed by atoms with Crippen LogP contribution < -0.4 is 5.73 Å². The minimum Gasteiger partial charge on any atom is -0.398 e. The number of imidazole rings is 1. The van der Waals surface area contributed by atoms with Crippen molar-refractivity contribution in [3.05, 3.63) is 47.2 Å². The molecule has 0 fully saturated rings. The maximum atomic E-state index is 13.5. The van der Waals surface area contributed by atoms with Crippen LogP contribution in [0.25, 0.3) is 22.4 Å². The first-order valence-corrected chi connectivity index (χ1v) is 7.08. The number of hydrogen-bond acceptors (Lipinski definition) is 2. The zero-order valence-corrected chi connectivity index (χ0v) is 12.5. The molecule has 3 rings (SSSR count). The van der Waals surface area contributed by atoms with E-state index in [1.807, 2.05) is 24.5 Å². The van der Waals surface area contributed by atoms with Gasteiger partial charge in [0.1, 0.15) is 11.6 Å². The molecule has 2 aromatic carbocycles.